The Morgan fingerprint density at radius 1 is 1.06 bits per heavy atom. The van der Waals surface area contributed by atoms with Crippen molar-refractivity contribution in [1.82, 2.24) is 9.97 Å². The summed E-state index contributed by atoms with van der Waals surface area (Å²) < 4.78 is 11.3. The van der Waals surface area contributed by atoms with Gasteiger partial charge in [0.25, 0.3) is 0 Å². The predicted molar refractivity (Wildman–Crippen MR) is 62.8 cm³/mol. The molecule has 0 fully saturated rings. The van der Waals surface area contributed by atoms with E-state index in [-0.39, 0.29) is 0 Å². The Balaban J connectivity index is 2.78. The molecule has 5 heteroatoms. The number of fused-ring (bicyclic) bond motifs is 1. The standard InChI is InChI=1S/C11H11N2O2Se/c1-6-12-8-5-10(15-3)9(14-2)4-7(8)11(16)13-6/h4-5H,1-3H3. The molecule has 0 bridgehead atoms. The van der Waals surface area contributed by atoms with Crippen LogP contribution in [0.5, 0.6) is 11.5 Å². The van der Waals surface area contributed by atoms with Gasteiger partial charge in [-0.05, 0) is 0 Å². The van der Waals surface area contributed by atoms with E-state index in [1.807, 2.05) is 19.1 Å². The number of hydrogen-bond donors (Lipinski definition) is 0. The summed E-state index contributed by atoms with van der Waals surface area (Å²) in [7, 11) is 3.22. The predicted octanol–water partition coefficient (Wildman–Crippen LogP) is 0.749. The summed E-state index contributed by atoms with van der Waals surface area (Å²) in [6.07, 6.45) is 0. The SMILES string of the molecule is COc1cc2nc(C)nc([Se])c2cc1OC. The van der Waals surface area contributed by atoms with Crippen molar-refractivity contribution in [2.24, 2.45) is 0 Å². The number of ether oxygens (including phenoxy) is 2. The fourth-order valence-corrected chi connectivity index (χ4v) is 2.16. The normalized spacial score (nSPS) is 10.4. The first-order valence-corrected chi connectivity index (χ1v) is 5.58. The Bertz CT molecular complexity index is 543. The van der Waals surface area contributed by atoms with Gasteiger partial charge in [0.1, 0.15) is 0 Å². The van der Waals surface area contributed by atoms with E-state index in [1.54, 1.807) is 14.2 Å². The number of hydrogen-bond acceptors (Lipinski definition) is 4. The molecule has 83 valence electrons. The molecule has 0 amide bonds. The first-order chi connectivity index (χ1) is 7.65. The van der Waals surface area contributed by atoms with Crippen molar-refractivity contribution in [2.45, 2.75) is 6.92 Å². The van der Waals surface area contributed by atoms with Crippen LogP contribution in [0.3, 0.4) is 0 Å². The van der Waals surface area contributed by atoms with Crippen molar-refractivity contribution in [2.75, 3.05) is 14.2 Å². The summed E-state index contributed by atoms with van der Waals surface area (Å²) in [5.74, 6) is 2.08. The summed E-state index contributed by atoms with van der Waals surface area (Å²) in [5, 5.41) is 0.934. The summed E-state index contributed by atoms with van der Waals surface area (Å²) in [6, 6.07) is 3.73. The van der Waals surface area contributed by atoms with E-state index in [4.69, 9.17) is 9.47 Å². The van der Waals surface area contributed by atoms with Gasteiger partial charge in [0.2, 0.25) is 0 Å². The maximum absolute atomic E-state index is 5.24. The van der Waals surface area contributed by atoms with Crippen LogP contribution in [-0.2, 0) is 0 Å². The molecule has 1 aromatic carbocycles. The van der Waals surface area contributed by atoms with Gasteiger partial charge in [0, 0.05) is 0 Å². The van der Waals surface area contributed by atoms with E-state index in [0.29, 0.717) is 11.5 Å². The molecule has 0 aliphatic rings. The zero-order chi connectivity index (χ0) is 11.7. The molecular formula is C11H11N2O2Se. The molecular weight excluding hydrogens is 271 g/mol. The van der Waals surface area contributed by atoms with Gasteiger partial charge in [-0.25, -0.2) is 0 Å². The number of methoxy groups -OCH3 is 2. The van der Waals surface area contributed by atoms with Crippen LogP contribution in [0, 0.1) is 6.92 Å². The third-order valence-corrected chi connectivity index (χ3v) is 2.93. The monoisotopic (exact) mass is 283 g/mol. The number of aromatic nitrogens is 2. The van der Waals surface area contributed by atoms with Crippen molar-refractivity contribution >= 4 is 31.5 Å². The van der Waals surface area contributed by atoms with Crippen molar-refractivity contribution in [3.8, 4) is 11.5 Å². The molecule has 16 heavy (non-hydrogen) atoms. The molecule has 1 radical (unpaired) electrons. The summed E-state index contributed by atoms with van der Waals surface area (Å²) in [4.78, 5) is 8.62. The van der Waals surface area contributed by atoms with Gasteiger partial charge < -0.3 is 0 Å². The van der Waals surface area contributed by atoms with E-state index >= 15 is 0 Å². The number of nitrogens with zero attached hydrogens (tertiary/aromatic N) is 2. The Kier molecular flexibility index (Phi) is 2.99. The fraction of sp³-hybridized carbons (Fsp3) is 0.273. The zero-order valence-electron chi connectivity index (χ0n) is 9.27. The zero-order valence-corrected chi connectivity index (χ0v) is 11.0. The Morgan fingerprint density at radius 3 is 2.31 bits per heavy atom. The summed E-state index contributed by atoms with van der Waals surface area (Å²) in [5.41, 5.74) is 0.846. The molecule has 1 aromatic heterocycles. The molecule has 4 nitrogen and oxygen atoms in total. The number of rotatable bonds is 2. The molecule has 1 heterocycles. The van der Waals surface area contributed by atoms with Crippen LogP contribution < -0.4 is 14.1 Å². The third kappa shape index (κ3) is 1.84. The van der Waals surface area contributed by atoms with Crippen molar-refractivity contribution in [1.29, 1.82) is 0 Å². The molecule has 2 rings (SSSR count). The average Bonchev–Trinajstić information content (AvgIpc) is 2.27. The third-order valence-electron chi connectivity index (χ3n) is 2.28. The Morgan fingerprint density at radius 2 is 1.69 bits per heavy atom. The van der Waals surface area contributed by atoms with Crippen molar-refractivity contribution in [3.63, 3.8) is 0 Å². The maximum atomic E-state index is 5.24. The second kappa shape index (κ2) is 4.28. The average molecular weight is 282 g/mol. The summed E-state index contributed by atoms with van der Waals surface area (Å²) in [6.45, 7) is 1.86. The summed E-state index contributed by atoms with van der Waals surface area (Å²) >= 11 is 2.93. The van der Waals surface area contributed by atoms with Gasteiger partial charge >= 0.3 is 102 Å². The van der Waals surface area contributed by atoms with Gasteiger partial charge in [-0.15, -0.1) is 0 Å². The van der Waals surface area contributed by atoms with Crippen LogP contribution in [0.4, 0.5) is 0 Å². The van der Waals surface area contributed by atoms with Gasteiger partial charge in [-0.2, -0.15) is 0 Å². The van der Waals surface area contributed by atoms with Crippen LogP contribution in [0.1, 0.15) is 5.82 Å². The second-order valence-corrected chi connectivity index (χ2v) is 4.11. The van der Waals surface area contributed by atoms with Crippen LogP contribution >= 0.6 is 0 Å². The van der Waals surface area contributed by atoms with Crippen LogP contribution in [0.25, 0.3) is 10.9 Å². The molecule has 2 aromatic rings. The molecule has 0 atom stereocenters. The van der Waals surface area contributed by atoms with Crippen LogP contribution in [-0.4, -0.2) is 40.2 Å². The Labute approximate surface area is 102 Å². The minimum absolute atomic E-state index is 0.674. The van der Waals surface area contributed by atoms with E-state index in [9.17, 15) is 0 Å². The molecule has 0 aliphatic heterocycles. The van der Waals surface area contributed by atoms with E-state index in [1.165, 1.54) is 0 Å². The number of benzene rings is 1. The first kappa shape index (κ1) is 11.2. The van der Waals surface area contributed by atoms with Crippen LogP contribution in [0.15, 0.2) is 12.1 Å². The van der Waals surface area contributed by atoms with Crippen LogP contribution in [0.2, 0.25) is 0 Å². The topological polar surface area (TPSA) is 44.2 Å². The fourth-order valence-electron chi connectivity index (χ4n) is 1.54. The molecule has 0 aliphatic carbocycles. The minimum atomic E-state index is 0.674. The molecule has 0 saturated carbocycles. The van der Waals surface area contributed by atoms with E-state index in [2.05, 4.69) is 26.0 Å². The van der Waals surface area contributed by atoms with Gasteiger partial charge in [-0.3, -0.25) is 0 Å². The Hall–Kier alpha value is -1.32. The van der Waals surface area contributed by atoms with Gasteiger partial charge in [-0.1, -0.05) is 0 Å². The van der Waals surface area contributed by atoms with E-state index < -0.39 is 0 Å². The first-order valence-electron chi connectivity index (χ1n) is 4.73. The molecule has 0 spiro atoms. The van der Waals surface area contributed by atoms with Crippen molar-refractivity contribution in [3.05, 3.63) is 18.0 Å². The van der Waals surface area contributed by atoms with Gasteiger partial charge in [0.15, 0.2) is 0 Å². The molecule has 0 unspecified atom stereocenters. The second-order valence-electron chi connectivity index (χ2n) is 3.30. The number of aryl methyl sites for hydroxylation is 1. The van der Waals surface area contributed by atoms with E-state index in [0.717, 1.165) is 21.3 Å². The molecule has 0 saturated heterocycles. The molecule has 0 N–H and O–H groups in total. The van der Waals surface area contributed by atoms with Gasteiger partial charge in [0.05, 0.1) is 0 Å². The quantitative estimate of drug-likeness (QED) is 0.762. The van der Waals surface area contributed by atoms with Crippen molar-refractivity contribution < 1.29 is 9.47 Å².